The van der Waals surface area contributed by atoms with Crippen LogP contribution in [0.25, 0.3) is 0 Å². The van der Waals surface area contributed by atoms with Crippen LogP contribution in [0.3, 0.4) is 0 Å². The molecule has 1 N–H and O–H groups in total. The Balaban J connectivity index is 1.56. The van der Waals surface area contributed by atoms with Crippen molar-refractivity contribution in [3.63, 3.8) is 0 Å². The van der Waals surface area contributed by atoms with Crippen LogP contribution in [0.2, 0.25) is 0 Å². The maximum atomic E-state index is 12.5. The molecule has 2 heterocycles. The van der Waals surface area contributed by atoms with E-state index in [2.05, 4.69) is 36.2 Å². The van der Waals surface area contributed by atoms with Crippen LogP contribution in [-0.4, -0.2) is 44.7 Å². The topological polar surface area (TPSA) is 63.9 Å². The number of aryl methyl sites for hydroxylation is 1. The average molecular weight is 386 g/mol. The Labute approximate surface area is 166 Å². The number of fused-ring (bicyclic) bond motifs is 1. The molecule has 6 heteroatoms. The van der Waals surface area contributed by atoms with Gasteiger partial charge in [0.15, 0.2) is 11.5 Å². The summed E-state index contributed by atoms with van der Waals surface area (Å²) in [5.74, 6) is 3.25. The van der Waals surface area contributed by atoms with Crippen molar-refractivity contribution in [1.82, 2.24) is 10.2 Å². The lowest BCUT2D eigenvalue weighted by atomic mass is 9.99. The third-order valence-electron chi connectivity index (χ3n) is 5.26. The number of benzene rings is 1. The van der Waals surface area contributed by atoms with Crippen molar-refractivity contribution in [2.24, 2.45) is 0 Å². The lowest BCUT2D eigenvalue weighted by Gasteiger charge is -2.29. The quantitative estimate of drug-likeness (QED) is 0.789. The van der Waals surface area contributed by atoms with Gasteiger partial charge in [0, 0.05) is 32.1 Å². The molecule has 0 spiro atoms. The molecule has 0 radical (unpaired) electrons. The summed E-state index contributed by atoms with van der Waals surface area (Å²) in [6, 6.07) is 5.98. The van der Waals surface area contributed by atoms with Gasteiger partial charge in [-0.15, -0.1) is 0 Å². The van der Waals surface area contributed by atoms with Crippen LogP contribution in [-0.2, 0) is 13.0 Å². The summed E-state index contributed by atoms with van der Waals surface area (Å²) >= 11 is 0. The lowest BCUT2D eigenvalue weighted by molar-refractivity contribution is 0.0945. The molecule has 0 aliphatic carbocycles. The number of rotatable bonds is 7. The van der Waals surface area contributed by atoms with E-state index in [0.29, 0.717) is 17.9 Å². The van der Waals surface area contributed by atoms with Crippen molar-refractivity contribution in [1.29, 1.82) is 0 Å². The number of nitrogens with zero attached hydrogens (tertiary/aromatic N) is 1. The molecule has 0 atom stereocenters. The number of carbonyl (C=O) groups is 1. The van der Waals surface area contributed by atoms with E-state index in [1.807, 2.05) is 13.0 Å². The molecule has 0 bridgehead atoms. The molecule has 0 saturated carbocycles. The number of amides is 1. The van der Waals surface area contributed by atoms with Gasteiger partial charge >= 0.3 is 0 Å². The third-order valence-corrected chi connectivity index (χ3v) is 5.26. The average Bonchev–Trinajstić information content (AvgIpc) is 3.08. The Kier molecular flexibility index (Phi) is 6.29. The Bertz CT molecular complexity index is 841. The van der Waals surface area contributed by atoms with Crippen molar-refractivity contribution < 1.29 is 18.7 Å². The smallest absolute Gasteiger partial charge is 0.254 e. The zero-order valence-electron chi connectivity index (χ0n) is 17.4. The van der Waals surface area contributed by atoms with E-state index >= 15 is 0 Å². The minimum absolute atomic E-state index is 0.0723. The SMILES string of the molecule is COc1cc2c(cc1OC)CN(CCNC(=O)c1cc(C(C)C)oc1C)CC2. The van der Waals surface area contributed by atoms with Gasteiger partial charge in [-0.3, -0.25) is 9.69 Å². The monoisotopic (exact) mass is 386 g/mol. The van der Waals surface area contributed by atoms with E-state index in [9.17, 15) is 4.79 Å². The van der Waals surface area contributed by atoms with Gasteiger partial charge in [-0.2, -0.15) is 0 Å². The van der Waals surface area contributed by atoms with Crippen LogP contribution in [0.15, 0.2) is 22.6 Å². The highest BCUT2D eigenvalue weighted by atomic mass is 16.5. The van der Waals surface area contributed by atoms with Gasteiger partial charge in [0.1, 0.15) is 11.5 Å². The summed E-state index contributed by atoms with van der Waals surface area (Å²) in [4.78, 5) is 14.8. The van der Waals surface area contributed by atoms with Crippen molar-refractivity contribution in [2.75, 3.05) is 33.9 Å². The molecule has 28 heavy (non-hydrogen) atoms. The second-order valence-electron chi connectivity index (χ2n) is 7.53. The first-order chi connectivity index (χ1) is 13.4. The van der Waals surface area contributed by atoms with E-state index in [-0.39, 0.29) is 11.8 Å². The maximum Gasteiger partial charge on any atom is 0.254 e. The molecule has 1 aromatic heterocycles. The zero-order chi connectivity index (χ0) is 20.3. The van der Waals surface area contributed by atoms with Gasteiger partial charge in [-0.1, -0.05) is 13.8 Å². The molecule has 0 fully saturated rings. The van der Waals surface area contributed by atoms with Crippen LogP contribution in [0.5, 0.6) is 11.5 Å². The van der Waals surface area contributed by atoms with E-state index in [1.165, 1.54) is 11.1 Å². The number of hydrogen-bond donors (Lipinski definition) is 1. The first kappa shape index (κ1) is 20.3. The van der Waals surface area contributed by atoms with E-state index in [4.69, 9.17) is 13.9 Å². The highest BCUT2D eigenvalue weighted by Gasteiger charge is 2.20. The summed E-state index contributed by atoms with van der Waals surface area (Å²) in [7, 11) is 3.32. The van der Waals surface area contributed by atoms with Gasteiger partial charge in [0.2, 0.25) is 0 Å². The molecule has 1 aromatic carbocycles. The first-order valence-corrected chi connectivity index (χ1v) is 9.77. The molecular weight excluding hydrogens is 356 g/mol. The Hall–Kier alpha value is -2.47. The molecule has 2 aromatic rings. The van der Waals surface area contributed by atoms with E-state index < -0.39 is 0 Å². The Morgan fingerprint density at radius 1 is 1.18 bits per heavy atom. The predicted molar refractivity (Wildman–Crippen MR) is 108 cm³/mol. The minimum atomic E-state index is -0.0723. The summed E-state index contributed by atoms with van der Waals surface area (Å²) < 4.78 is 16.5. The second kappa shape index (κ2) is 8.69. The Morgan fingerprint density at radius 3 is 2.46 bits per heavy atom. The predicted octanol–water partition coefficient (Wildman–Crippen LogP) is 3.52. The molecule has 1 aliphatic rings. The second-order valence-corrected chi connectivity index (χ2v) is 7.53. The standard InChI is InChI=1S/C22H30N2O4/c1-14(2)19-12-18(15(3)28-19)22(25)23-7-9-24-8-6-16-10-20(26-4)21(27-5)11-17(16)13-24/h10-12,14H,6-9,13H2,1-5H3,(H,23,25). The van der Waals surface area contributed by atoms with Crippen LogP contribution < -0.4 is 14.8 Å². The molecule has 0 unspecified atom stereocenters. The molecule has 3 rings (SSSR count). The van der Waals surface area contributed by atoms with Crippen molar-refractivity contribution in [2.45, 2.75) is 39.7 Å². The normalized spacial score (nSPS) is 14.1. The van der Waals surface area contributed by atoms with E-state index in [0.717, 1.165) is 43.3 Å². The van der Waals surface area contributed by atoms with Crippen molar-refractivity contribution in [3.8, 4) is 11.5 Å². The number of carbonyl (C=O) groups excluding carboxylic acids is 1. The summed E-state index contributed by atoms with van der Waals surface area (Å²) in [6.07, 6.45) is 0.961. The number of nitrogens with one attached hydrogen (secondary N) is 1. The highest BCUT2D eigenvalue weighted by Crippen LogP contribution is 2.33. The van der Waals surface area contributed by atoms with Gasteiger partial charge in [-0.25, -0.2) is 0 Å². The molecule has 152 valence electrons. The maximum absolute atomic E-state index is 12.5. The summed E-state index contributed by atoms with van der Waals surface area (Å²) in [6.45, 7) is 9.15. The number of methoxy groups -OCH3 is 2. The van der Waals surface area contributed by atoms with Gasteiger partial charge < -0.3 is 19.2 Å². The third kappa shape index (κ3) is 4.33. The van der Waals surface area contributed by atoms with Crippen molar-refractivity contribution in [3.05, 3.63) is 46.4 Å². The molecule has 6 nitrogen and oxygen atoms in total. The fraction of sp³-hybridized carbons (Fsp3) is 0.500. The fourth-order valence-corrected chi connectivity index (χ4v) is 3.57. The first-order valence-electron chi connectivity index (χ1n) is 9.77. The summed E-state index contributed by atoms with van der Waals surface area (Å²) in [5, 5.41) is 3.02. The van der Waals surface area contributed by atoms with Crippen molar-refractivity contribution >= 4 is 5.91 Å². The molecule has 1 amide bonds. The number of ether oxygens (including phenoxy) is 2. The van der Waals surface area contributed by atoms with E-state index in [1.54, 1.807) is 14.2 Å². The lowest BCUT2D eigenvalue weighted by Crippen LogP contribution is -2.37. The van der Waals surface area contributed by atoms with Gasteiger partial charge in [-0.05, 0) is 42.7 Å². The zero-order valence-corrected chi connectivity index (χ0v) is 17.4. The van der Waals surface area contributed by atoms with Gasteiger partial charge in [0.25, 0.3) is 5.91 Å². The van der Waals surface area contributed by atoms with Crippen LogP contribution in [0.4, 0.5) is 0 Å². The number of furan rings is 1. The summed E-state index contributed by atoms with van der Waals surface area (Å²) in [5.41, 5.74) is 3.18. The largest absolute Gasteiger partial charge is 0.493 e. The highest BCUT2D eigenvalue weighted by molar-refractivity contribution is 5.95. The van der Waals surface area contributed by atoms with Gasteiger partial charge in [0.05, 0.1) is 19.8 Å². The van der Waals surface area contributed by atoms with Crippen LogP contribution >= 0.6 is 0 Å². The molecular formula is C22H30N2O4. The Morgan fingerprint density at radius 2 is 1.86 bits per heavy atom. The fourth-order valence-electron chi connectivity index (χ4n) is 3.57. The molecule has 0 saturated heterocycles. The number of hydrogen-bond acceptors (Lipinski definition) is 5. The minimum Gasteiger partial charge on any atom is -0.493 e. The molecule has 1 aliphatic heterocycles. The van der Waals surface area contributed by atoms with Crippen LogP contribution in [0.1, 0.15) is 52.8 Å². The van der Waals surface area contributed by atoms with Crippen LogP contribution in [0, 0.1) is 6.92 Å².